The average molecular weight is 341 g/mol. The van der Waals surface area contributed by atoms with Crippen LogP contribution in [0.2, 0.25) is 5.02 Å². The highest BCUT2D eigenvalue weighted by molar-refractivity contribution is 6.33. The lowest BCUT2D eigenvalue weighted by Crippen LogP contribution is -2.39. The number of carboxylic acid groups (broad SMARTS) is 1. The summed E-state index contributed by atoms with van der Waals surface area (Å²) < 4.78 is 52.1. The first-order valence-corrected chi connectivity index (χ1v) is 6.57. The lowest BCUT2D eigenvalue weighted by molar-refractivity contribution is -0.210. The van der Waals surface area contributed by atoms with E-state index in [2.05, 4.69) is 0 Å². The maximum atomic E-state index is 14.0. The molecule has 0 bridgehead atoms. The van der Waals surface area contributed by atoms with E-state index in [1.165, 1.54) is 0 Å². The molecule has 0 saturated heterocycles. The lowest BCUT2D eigenvalue weighted by atomic mass is 9.84. The van der Waals surface area contributed by atoms with Crippen molar-refractivity contribution in [1.82, 2.24) is 0 Å². The van der Waals surface area contributed by atoms with E-state index in [0.29, 0.717) is 0 Å². The fourth-order valence-electron chi connectivity index (χ4n) is 1.70. The maximum Gasteiger partial charge on any atom is 0.400 e. The second-order valence-electron chi connectivity index (χ2n) is 5.25. The first-order chi connectivity index (χ1) is 9.89. The Morgan fingerprint density at radius 3 is 2.23 bits per heavy atom. The van der Waals surface area contributed by atoms with Crippen LogP contribution in [0.15, 0.2) is 12.1 Å². The van der Waals surface area contributed by atoms with Gasteiger partial charge in [0.1, 0.15) is 22.6 Å². The second kappa shape index (κ2) is 6.24. The number of aryl methyl sites for hydroxylation is 1. The van der Waals surface area contributed by atoms with Crippen molar-refractivity contribution in [3.8, 4) is 0 Å². The molecule has 22 heavy (non-hydrogen) atoms. The number of benzene rings is 1. The normalized spacial score (nSPS) is 12.3. The van der Waals surface area contributed by atoms with Crippen LogP contribution in [0.25, 0.3) is 0 Å². The molecule has 0 fully saturated rings. The summed E-state index contributed by atoms with van der Waals surface area (Å²) >= 11 is 5.56. The van der Waals surface area contributed by atoms with Crippen LogP contribution in [0, 0.1) is 11.2 Å². The van der Waals surface area contributed by atoms with E-state index in [-0.39, 0.29) is 17.0 Å². The van der Waals surface area contributed by atoms with Gasteiger partial charge in [-0.2, -0.15) is 13.2 Å². The van der Waals surface area contributed by atoms with Crippen molar-refractivity contribution >= 4 is 23.4 Å². The number of carbonyl (C=O) groups excluding carboxylic acids is 1. The van der Waals surface area contributed by atoms with Crippen molar-refractivity contribution in [1.29, 1.82) is 0 Å². The molecule has 0 unspecified atom stereocenters. The smallest absolute Gasteiger partial charge is 0.400 e. The summed E-state index contributed by atoms with van der Waals surface area (Å²) in [5.41, 5.74) is -3.49. The number of hydrogen-bond acceptors (Lipinski definition) is 2. The van der Waals surface area contributed by atoms with Gasteiger partial charge in [0, 0.05) is 6.42 Å². The van der Waals surface area contributed by atoms with Crippen molar-refractivity contribution in [2.75, 3.05) is 0 Å². The molecule has 0 aliphatic carbocycles. The molecule has 122 valence electrons. The van der Waals surface area contributed by atoms with Gasteiger partial charge >= 0.3 is 12.1 Å². The number of rotatable bonds is 5. The Morgan fingerprint density at radius 2 is 1.77 bits per heavy atom. The summed E-state index contributed by atoms with van der Waals surface area (Å²) in [7, 11) is 0. The maximum absolute atomic E-state index is 14.0. The standard InChI is InChI=1S/C14H13ClF4O3/c1-13(2,14(17,18)19)9(20)6-4-7-3-5-8(15)10(11(7)16)12(21)22/h3,5H,4,6H2,1-2H3,(H,21,22). The SMILES string of the molecule is CC(C)(C(=O)CCc1ccc(Cl)c(C(=O)O)c1F)C(F)(F)F. The molecule has 1 N–H and O–H groups in total. The van der Waals surface area contributed by atoms with Crippen LogP contribution in [0.5, 0.6) is 0 Å². The lowest BCUT2D eigenvalue weighted by Gasteiger charge is -2.26. The van der Waals surface area contributed by atoms with Gasteiger partial charge in [0.2, 0.25) is 0 Å². The average Bonchev–Trinajstić information content (AvgIpc) is 2.35. The Labute approximate surface area is 128 Å². The molecule has 0 aliphatic rings. The number of carbonyl (C=O) groups is 2. The summed E-state index contributed by atoms with van der Waals surface area (Å²) in [6.07, 6.45) is -5.62. The second-order valence-corrected chi connectivity index (χ2v) is 5.65. The summed E-state index contributed by atoms with van der Waals surface area (Å²) in [6, 6.07) is 2.28. The third-order valence-corrected chi connectivity index (χ3v) is 3.73. The monoisotopic (exact) mass is 340 g/mol. The fraction of sp³-hybridized carbons (Fsp3) is 0.429. The molecule has 1 aromatic rings. The topological polar surface area (TPSA) is 54.4 Å². The Hall–Kier alpha value is -1.63. The highest BCUT2D eigenvalue weighted by Crippen LogP contribution is 2.39. The van der Waals surface area contributed by atoms with Crippen LogP contribution in [0.1, 0.15) is 36.2 Å². The van der Waals surface area contributed by atoms with Crippen molar-refractivity contribution in [3.63, 3.8) is 0 Å². The molecular weight excluding hydrogens is 328 g/mol. The fourth-order valence-corrected chi connectivity index (χ4v) is 1.93. The summed E-state index contributed by atoms with van der Waals surface area (Å²) in [4.78, 5) is 22.6. The number of alkyl halides is 3. The van der Waals surface area contributed by atoms with Crippen molar-refractivity contribution in [2.24, 2.45) is 5.41 Å². The predicted molar refractivity (Wildman–Crippen MR) is 71.5 cm³/mol. The molecule has 0 spiro atoms. The highest BCUT2D eigenvalue weighted by atomic mass is 35.5. The number of aromatic carboxylic acids is 1. The number of ketones is 1. The molecule has 0 heterocycles. The minimum Gasteiger partial charge on any atom is -0.478 e. The number of Topliss-reactive ketones (excluding diaryl/α,β-unsaturated/α-hetero) is 1. The van der Waals surface area contributed by atoms with Gasteiger partial charge in [0.05, 0.1) is 5.02 Å². The minimum atomic E-state index is -4.71. The first kappa shape index (κ1) is 18.4. The summed E-state index contributed by atoms with van der Waals surface area (Å²) in [5.74, 6) is -3.84. The Kier molecular flexibility index (Phi) is 5.22. The predicted octanol–water partition coefficient (Wildman–Crippen LogP) is 4.27. The molecule has 0 saturated carbocycles. The molecule has 1 aromatic carbocycles. The van der Waals surface area contributed by atoms with Gasteiger partial charge in [-0.05, 0) is 31.9 Å². The third-order valence-electron chi connectivity index (χ3n) is 3.41. The summed E-state index contributed by atoms with van der Waals surface area (Å²) in [5, 5.41) is 8.52. The van der Waals surface area contributed by atoms with E-state index in [4.69, 9.17) is 16.7 Å². The minimum absolute atomic E-state index is 0.173. The van der Waals surface area contributed by atoms with Gasteiger partial charge in [-0.25, -0.2) is 9.18 Å². The Bertz CT molecular complexity index is 609. The van der Waals surface area contributed by atoms with E-state index >= 15 is 0 Å². The molecule has 0 atom stereocenters. The molecule has 8 heteroatoms. The van der Waals surface area contributed by atoms with Gasteiger partial charge in [-0.15, -0.1) is 0 Å². The quantitative estimate of drug-likeness (QED) is 0.814. The van der Waals surface area contributed by atoms with E-state index in [9.17, 15) is 27.2 Å². The third kappa shape index (κ3) is 3.58. The zero-order valence-corrected chi connectivity index (χ0v) is 12.5. The number of carboxylic acids is 1. The molecule has 0 aliphatic heterocycles. The summed E-state index contributed by atoms with van der Waals surface area (Å²) in [6.45, 7) is 1.49. The molecule has 0 amide bonds. The van der Waals surface area contributed by atoms with Crippen LogP contribution in [-0.4, -0.2) is 23.0 Å². The van der Waals surface area contributed by atoms with E-state index < -0.39 is 41.1 Å². The van der Waals surface area contributed by atoms with Gasteiger partial charge in [0.15, 0.2) is 0 Å². The van der Waals surface area contributed by atoms with E-state index in [1.54, 1.807) is 0 Å². The van der Waals surface area contributed by atoms with Crippen LogP contribution in [-0.2, 0) is 11.2 Å². The Balaban J connectivity index is 2.97. The highest BCUT2D eigenvalue weighted by Gasteiger charge is 2.51. The van der Waals surface area contributed by atoms with Crippen LogP contribution in [0.3, 0.4) is 0 Å². The molecular formula is C14H13ClF4O3. The van der Waals surface area contributed by atoms with Gasteiger partial charge in [-0.3, -0.25) is 4.79 Å². The number of hydrogen-bond donors (Lipinski definition) is 1. The molecule has 1 rings (SSSR count). The van der Waals surface area contributed by atoms with Crippen molar-refractivity contribution in [2.45, 2.75) is 32.9 Å². The van der Waals surface area contributed by atoms with Crippen LogP contribution < -0.4 is 0 Å². The molecule has 0 radical (unpaired) electrons. The zero-order chi connectivity index (χ0) is 17.3. The van der Waals surface area contributed by atoms with Crippen LogP contribution in [0.4, 0.5) is 17.6 Å². The van der Waals surface area contributed by atoms with Crippen LogP contribution >= 0.6 is 11.6 Å². The van der Waals surface area contributed by atoms with Gasteiger partial charge < -0.3 is 5.11 Å². The largest absolute Gasteiger partial charge is 0.478 e. The molecule has 3 nitrogen and oxygen atoms in total. The van der Waals surface area contributed by atoms with E-state index in [1.807, 2.05) is 0 Å². The van der Waals surface area contributed by atoms with Gasteiger partial charge in [-0.1, -0.05) is 17.7 Å². The van der Waals surface area contributed by atoms with Crippen molar-refractivity contribution < 1.29 is 32.3 Å². The first-order valence-electron chi connectivity index (χ1n) is 6.19. The Morgan fingerprint density at radius 1 is 1.23 bits per heavy atom. The molecule has 0 aromatic heterocycles. The number of halogens is 5. The van der Waals surface area contributed by atoms with E-state index in [0.717, 1.165) is 26.0 Å². The van der Waals surface area contributed by atoms with Gasteiger partial charge in [0.25, 0.3) is 0 Å². The van der Waals surface area contributed by atoms with Crippen molar-refractivity contribution in [3.05, 3.63) is 34.1 Å². The zero-order valence-electron chi connectivity index (χ0n) is 11.7.